The van der Waals surface area contributed by atoms with E-state index >= 15 is 0 Å². The number of carbonyl (C=O) groups is 2. The van der Waals surface area contributed by atoms with Crippen molar-refractivity contribution in [1.82, 2.24) is 0 Å². The van der Waals surface area contributed by atoms with E-state index in [4.69, 9.17) is 11.6 Å². The average molecular weight is 316 g/mol. The fourth-order valence-corrected chi connectivity index (χ4v) is 2.11. The second-order valence-corrected chi connectivity index (χ2v) is 6.47. The van der Waals surface area contributed by atoms with E-state index in [1.165, 1.54) is 0 Å². The van der Waals surface area contributed by atoms with E-state index in [0.29, 0.717) is 21.8 Å². The molecular weight excluding hydrogens is 298 g/mol. The fourth-order valence-electron chi connectivity index (χ4n) is 1.89. The Labute approximate surface area is 135 Å². The molecule has 0 aliphatic rings. The van der Waals surface area contributed by atoms with E-state index in [-0.39, 0.29) is 11.7 Å². The molecule has 0 unspecified atom stereocenters. The summed E-state index contributed by atoms with van der Waals surface area (Å²) < 4.78 is 0. The average Bonchev–Trinajstić information content (AvgIpc) is 2.46. The summed E-state index contributed by atoms with van der Waals surface area (Å²) >= 11 is 6.09. The predicted octanol–water partition coefficient (Wildman–Crippen LogP) is 4.56. The Morgan fingerprint density at radius 1 is 0.909 bits per heavy atom. The smallest absolute Gasteiger partial charge is 0.229 e. The number of anilines is 1. The molecule has 0 radical (unpaired) electrons. The van der Waals surface area contributed by atoms with Crippen LogP contribution in [0.3, 0.4) is 0 Å². The summed E-state index contributed by atoms with van der Waals surface area (Å²) in [7, 11) is 0. The van der Waals surface area contributed by atoms with Crippen molar-refractivity contribution >= 4 is 29.0 Å². The molecule has 114 valence electrons. The molecule has 2 aromatic rings. The monoisotopic (exact) mass is 315 g/mol. The number of halogens is 1. The zero-order chi connectivity index (χ0) is 16.3. The van der Waals surface area contributed by atoms with Gasteiger partial charge in [-0.1, -0.05) is 56.6 Å². The fraction of sp³-hybridized carbons (Fsp3) is 0.222. The highest BCUT2D eigenvalue weighted by molar-refractivity contribution is 6.35. The zero-order valence-corrected chi connectivity index (χ0v) is 13.6. The van der Waals surface area contributed by atoms with Crippen molar-refractivity contribution in [3.05, 3.63) is 64.7 Å². The SMILES string of the molecule is CC(C)(C)C(=O)Nc1ccccc1C(=O)c1ccccc1Cl. The van der Waals surface area contributed by atoms with Crippen LogP contribution in [0.1, 0.15) is 36.7 Å². The summed E-state index contributed by atoms with van der Waals surface area (Å²) in [5.41, 5.74) is 0.794. The number of rotatable bonds is 3. The molecule has 2 aromatic carbocycles. The lowest BCUT2D eigenvalue weighted by molar-refractivity contribution is -0.123. The normalized spacial score (nSPS) is 11.1. The Morgan fingerprint density at radius 3 is 2.05 bits per heavy atom. The van der Waals surface area contributed by atoms with Gasteiger partial charge in [-0.2, -0.15) is 0 Å². The van der Waals surface area contributed by atoms with Crippen LogP contribution in [0.4, 0.5) is 5.69 Å². The van der Waals surface area contributed by atoms with E-state index in [2.05, 4.69) is 5.32 Å². The van der Waals surface area contributed by atoms with E-state index in [1.54, 1.807) is 48.5 Å². The number of para-hydroxylation sites is 1. The zero-order valence-electron chi connectivity index (χ0n) is 12.8. The molecule has 0 fully saturated rings. The number of ketones is 1. The number of carbonyl (C=O) groups excluding carboxylic acids is 2. The van der Waals surface area contributed by atoms with Crippen LogP contribution in [0.15, 0.2) is 48.5 Å². The molecule has 3 nitrogen and oxygen atoms in total. The van der Waals surface area contributed by atoms with Gasteiger partial charge in [0.05, 0.1) is 10.7 Å². The Kier molecular flexibility index (Phi) is 4.67. The first-order chi connectivity index (χ1) is 10.3. The van der Waals surface area contributed by atoms with Crippen LogP contribution >= 0.6 is 11.6 Å². The van der Waals surface area contributed by atoms with E-state index in [1.807, 2.05) is 20.8 Å². The van der Waals surface area contributed by atoms with Crippen molar-refractivity contribution in [3.63, 3.8) is 0 Å². The van der Waals surface area contributed by atoms with E-state index in [0.717, 1.165) is 0 Å². The van der Waals surface area contributed by atoms with Crippen molar-refractivity contribution in [3.8, 4) is 0 Å². The topological polar surface area (TPSA) is 46.2 Å². The minimum Gasteiger partial charge on any atom is -0.325 e. The molecule has 0 aliphatic heterocycles. The van der Waals surface area contributed by atoms with Gasteiger partial charge in [-0.05, 0) is 24.3 Å². The van der Waals surface area contributed by atoms with Crippen LogP contribution in [-0.4, -0.2) is 11.7 Å². The van der Waals surface area contributed by atoms with Gasteiger partial charge in [0.1, 0.15) is 0 Å². The molecule has 0 spiro atoms. The van der Waals surface area contributed by atoms with Crippen molar-refractivity contribution in [1.29, 1.82) is 0 Å². The number of benzene rings is 2. The maximum absolute atomic E-state index is 12.7. The highest BCUT2D eigenvalue weighted by Crippen LogP contribution is 2.25. The Hall–Kier alpha value is -2.13. The summed E-state index contributed by atoms with van der Waals surface area (Å²) in [5, 5.41) is 3.21. The van der Waals surface area contributed by atoms with Gasteiger partial charge in [0, 0.05) is 16.5 Å². The summed E-state index contributed by atoms with van der Waals surface area (Å²) in [6, 6.07) is 13.8. The Balaban J connectivity index is 2.39. The second kappa shape index (κ2) is 6.32. The third-order valence-electron chi connectivity index (χ3n) is 3.22. The number of nitrogens with one attached hydrogen (secondary N) is 1. The van der Waals surface area contributed by atoms with Gasteiger partial charge in [-0.25, -0.2) is 0 Å². The Morgan fingerprint density at radius 2 is 1.45 bits per heavy atom. The third kappa shape index (κ3) is 3.55. The van der Waals surface area contributed by atoms with Gasteiger partial charge in [0.15, 0.2) is 5.78 Å². The summed E-state index contributed by atoms with van der Waals surface area (Å²) in [5.74, 6) is -0.359. The van der Waals surface area contributed by atoms with Crippen LogP contribution in [0.25, 0.3) is 0 Å². The predicted molar refractivity (Wildman–Crippen MR) is 89.4 cm³/mol. The minimum atomic E-state index is -0.541. The maximum atomic E-state index is 12.7. The number of amides is 1. The molecule has 0 saturated heterocycles. The van der Waals surface area contributed by atoms with Gasteiger partial charge >= 0.3 is 0 Å². The van der Waals surface area contributed by atoms with Crippen LogP contribution in [0, 0.1) is 5.41 Å². The van der Waals surface area contributed by atoms with Gasteiger partial charge in [0.2, 0.25) is 5.91 Å². The lowest BCUT2D eigenvalue weighted by atomic mass is 9.95. The minimum absolute atomic E-state index is 0.146. The lowest BCUT2D eigenvalue weighted by Gasteiger charge is -2.19. The summed E-state index contributed by atoms with van der Waals surface area (Å²) in [6.07, 6.45) is 0. The van der Waals surface area contributed by atoms with E-state index in [9.17, 15) is 9.59 Å². The molecule has 0 bridgehead atoms. The molecule has 4 heteroatoms. The first-order valence-corrected chi connectivity index (χ1v) is 7.38. The molecule has 1 N–H and O–H groups in total. The first-order valence-electron chi connectivity index (χ1n) is 7.00. The molecule has 0 atom stereocenters. The maximum Gasteiger partial charge on any atom is 0.229 e. The second-order valence-electron chi connectivity index (χ2n) is 6.06. The first kappa shape index (κ1) is 16.2. The lowest BCUT2D eigenvalue weighted by Crippen LogP contribution is -2.28. The van der Waals surface area contributed by atoms with Crippen LogP contribution < -0.4 is 5.32 Å². The summed E-state index contributed by atoms with van der Waals surface area (Å²) in [6.45, 7) is 5.46. The van der Waals surface area contributed by atoms with Crippen LogP contribution in [-0.2, 0) is 4.79 Å². The quantitative estimate of drug-likeness (QED) is 0.844. The standard InChI is InChI=1S/C18H18ClNO2/c1-18(2,3)17(22)20-15-11-7-5-9-13(15)16(21)12-8-4-6-10-14(12)19/h4-11H,1-3H3,(H,20,22). The van der Waals surface area contributed by atoms with Crippen LogP contribution in [0.5, 0.6) is 0 Å². The highest BCUT2D eigenvalue weighted by Gasteiger charge is 2.23. The summed E-state index contributed by atoms with van der Waals surface area (Å²) in [4.78, 5) is 24.8. The molecular formula is C18H18ClNO2. The van der Waals surface area contributed by atoms with E-state index < -0.39 is 5.41 Å². The Bertz CT molecular complexity index is 717. The number of hydrogen-bond acceptors (Lipinski definition) is 2. The molecule has 0 heterocycles. The van der Waals surface area contributed by atoms with Gasteiger partial charge in [0.25, 0.3) is 0 Å². The van der Waals surface area contributed by atoms with Gasteiger partial charge < -0.3 is 5.32 Å². The molecule has 22 heavy (non-hydrogen) atoms. The van der Waals surface area contributed by atoms with Crippen LogP contribution in [0.2, 0.25) is 5.02 Å². The van der Waals surface area contributed by atoms with Crippen molar-refractivity contribution < 1.29 is 9.59 Å². The highest BCUT2D eigenvalue weighted by atomic mass is 35.5. The molecule has 0 saturated carbocycles. The van der Waals surface area contributed by atoms with Crippen molar-refractivity contribution in [2.75, 3.05) is 5.32 Å². The molecule has 0 aliphatic carbocycles. The third-order valence-corrected chi connectivity index (χ3v) is 3.55. The van der Waals surface area contributed by atoms with Gasteiger partial charge in [-0.15, -0.1) is 0 Å². The van der Waals surface area contributed by atoms with Crippen molar-refractivity contribution in [2.24, 2.45) is 5.41 Å². The molecule has 1 amide bonds. The van der Waals surface area contributed by atoms with Gasteiger partial charge in [-0.3, -0.25) is 9.59 Å². The molecule has 0 aromatic heterocycles. The molecule has 2 rings (SSSR count). The van der Waals surface area contributed by atoms with Crippen molar-refractivity contribution in [2.45, 2.75) is 20.8 Å². The largest absolute Gasteiger partial charge is 0.325 e. The number of hydrogen-bond donors (Lipinski definition) is 1.